The van der Waals surface area contributed by atoms with Crippen LogP contribution in [-0.2, 0) is 0 Å². The van der Waals surface area contributed by atoms with Crippen molar-refractivity contribution in [2.45, 2.75) is 0 Å². The average Bonchev–Trinajstić information content (AvgIpc) is 2.37. The van der Waals surface area contributed by atoms with E-state index in [0.717, 1.165) is 4.47 Å². The van der Waals surface area contributed by atoms with Crippen LogP contribution < -0.4 is 5.32 Å². The van der Waals surface area contributed by atoms with E-state index >= 15 is 0 Å². The van der Waals surface area contributed by atoms with Gasteiger partial charge in [-0.15, -0.1) is 0 Å². The first-order valence-electron chi connectivity index (χ1n) is 5.05. The Morgan fingerprint density at radius 1 is 1.21 bits per heavy atom. The molecule has 1 aromatic carbocycles. The second kappa shape index (κ2) is 6.22. The normalized spacial score (nSPS) is 10.3. The van der Waals surface area contributed by atoms with Crippen LogP contribution in [0.2, 0.25) is 10.2 Å². The summed E-state index contributed by atoms with van der Waals surface area (Å²) in [4.78, 5) is 16.0. The van der Waals surface area contributed by atoms with Crippen molar-refractivity contribution in [2.75, 3.05) is 5.32 Å². The number of rotatable bonds is 2. The summed E-state index contributed by atoms with van der Waals surface area (Å²) in [5.41, 5.74) is 0.902. The highest BCUT2D eigenvalue weighted by Crippen LogP contribution is 2.26. The third kappa shape index (κ3) is 3.69. The molecular formula is C12H6Br2Cl2N2O. The van der Waals surface area contributed by atoms with Gasteiger partial charge in [-0.2, -0.15) is 0 Å². The van der Waals surface area contributed by atoms with Gasteiger partial charge in [0.15, 0.2) is 5.15 Å². The molecular weight excluding hydrogens is 419 g/mol. The van der Waals surface area contributed by atoms with Crippen molar-refractivity contribution in [3.05, 3.63) is 55.1 Å². The number of benzene rings is 1. The van der Waals surface area contributed by atoms with Crippen LogP contribution in [0, 0.1) is 0 Å². The molecule has 0 saturated heterocycles. The summed E-state index contributed by atoms with van der Waals surface area (Å²) in [6.07, 6.45) is 1.55. The maximum absolute atomic E-state index is 12.1. The summed E-state index contributed by atoms with van der Waals surface area (Å²) in [5.74, 6) is -0.292. The Balaban J connectivity index is 2.25. The van der Waals surface area contributed by atoms with Crippen molar-refractivity contribution in [1.82, 2.24) is 4.98 Å². The number of hydrogen-bond acceptors (Lipinski definition) is 2. The van der Waals surface area contributed by atoms with Crippen LogP contribution >= 0.6 is 55.1 Å². The number of nitrogens with zero attached hydrogens (tertiary/aromatic N) is 1. The molecule has 1 N–H and O–H groups in total. The fourth-order valence-corrected chi connectivity index (χ4v) is 2.32. The Labute approximate surface area is 136 Å². The largest absolute Gasteiger partial charge is 0.319 e. The SMILES string of the molecule is O=C(Nc1cc(Br)cnc1Cl)c1ccc(Cl)c(Br)c1. The Hall–Kier alpha value is -0.620. The predicted octanol–water partition coefficient (Wildman–Crippen LogP) is 5.17. The van der Waals surface area contributed by atoms with Gasteiger partial charge in [0.05, 0.1) is 10.7 Å². The van der Waals surface area contributed by atoms with E-state index < -0.39 is 0 Å². The molecule has 0 aliphatic heterocycles. The molecule has 7 heteroatoms. The monoisotopic (exact) mass is 422 g/mol. The van der Waals surface area contributed by atoms with Gasteiger partial charge in [-0.3, -0.25) is 4.79 Å². The van der Waals surface area contributed by atoms with Crippen LogP contribution in [0.5, 0.6) is 0 Å². The fourth-order valence-electron chi connectivity index (χ4n) is 1.34. The summed E-state index contributed by atoms with van der Waals surface area (Å²) in [6.45, 7) is 0. The highest BCUT2D eigenvalue weighted by Gasteiger charge is 2.11. The number of nitrogens with one attached hydrogen (secondary N) is 1. The van der Waals surface area contributed by atoms with Gasteiger partial charge in [-0.05, 0) is 56.1 Å². The number of halogens is 4. The number of hydrogen-bond donors (Lipinski definition) is 1. The van der Waals surface area contributed by atoms with Crippen molar-refractivity contribution >= 4 is 66.7 Å². The lowest BCUT2D eigenvalue weighted by Crippen LogP contribution is -2.12. The lowest BCUT2D eigenvalue weighted by molar-refractivity contribution is 0.102. The van der Waals surface area contributed by atoms with Gasteiger partial charge in [-0.25, -0.2) is 4.98 Å². The minimum Gasteiger partial charge on any atom is -0.319 e. The second-order valence-corrected chi connectivity index (χ2v) is 6.11. The van der Waals surface area contributed by atoms with Gasteiger partial charge in [0.25, 0.3) is 5.91 Å². The summed E-state index contributed by atoms with van der Waals surface area (Å²) in [6, 6.07) is 6.58. The Kier molecular flexibility index (Phi) is 4.84. The molecule has 19 heavy (non-hydrogen) atoms. The van der Waals surface area contributed by atoms with Crippen LogP contribution in [0.25, 0.3) is 0 Å². The first-order valence-corrected chi connectivity index (χ1v) is 7.39. The molecule has 0 bridgehead atoms. The van der Waals surface area contributed by atoms with Crippen LogP contribution in [0.3, 0.4) is 0 Å². The van der Waals surface area contributed by atoms with E-state index in [1.54, 1.807) is 30.5 Å². The Morgan fingerprint density at radius 3 is 2.63 bits per heavy atom. The lowest BCUT2D eigenvalue weighted by Gasteiger charge is -2.07. The molecule has 0 aliphatic rings. The van der Waals surface area contributed by atoms with Crippen molar-refractivity contribution in [3.8, 4) is 0 Å². The quantitative estimate of drug-likeness (QED) is 0.676. The first-order chi connectivity index (χ1) is 8.97. The van der Waals surface area contributed by atoms with E-state index in [-0.39, 0.29) is 11.1 Å². The molecule has 1 amide bonds. The van der Waals surface area contributed by atoms with Crippen molar-refractivity contribution in [1.29, 1.82) is 0 Å². The Bertz CT molecular complexity index is 650. The van der Waals surface area contributed by atoms with Crippen molar-refractivity contribution in [3.63, 3.8) is 0 Å². The summed E-state index contributed by atoms with van der Waals surface area (Å²) < 4.78 is 1.38. The number of amides is 1. The van der Waals surface area contributed by atoms with Gasteiger partial charge in [0.2, 0.25) is 0 Å². The van der Waals surface area contributed by atoms with Crippen molar-refractivity contribution < 1.29 is 4.79 Å². The third-order valence-electron chi connectivity index (χ3n) is 2.24. The number of pyridine rings is 1. The van der Waals surface area contributed by atoms with Gasteiger partial charge < -0.3 is 5.32 Å². The lowest BCUT2D eigenvalue weighted by atomic mass is 10.2. The maximum Gasteiger partial charge on any atom is 0.255 e. The summed E-state index contributed by atoms with van der Waals surface area (Å²) in [7, 11) is 0. The van der Waals surface area contributed by atoms with Gasteiger partial charge in [-0.1, -0.05) is 23.2 Å². The predicted molar refractivity (Wildman–Crippen MR) is 84.1 cm³/mol. The summed E-state index contributed by atoms with van der Waals surface area (Å²) >= 11 is 18.3. The molecule has 2 rings (SSSR count). The zero-order chi connectivity index (χ0) is 14.0. The Morgan fingerprint density at radius 2 is 1.95 bits per heavy atom. The summed E-state index contributed by atoms with van der Waals surface area (Å²) in [5, 5.41) is 3.45. The molecule has 1 heterocycles. The minimum atomic E-state index is -0.292. The molecule has 98 valence electrons. The molecule has 0 unspecified atom stereocenters. The van der Waals surface area contributed by atoms with Crippen LogP contribution in [0.4, 0.5) is 5.69 Å². The number of aromatic nitrogens is 1. The first kappa shape index (κ1) is 14.8. The van der Waals surface area contributed by atoms with E-state index in [1.165, 1.54) is 0 Å². The molecule has 2 aromatic rings. The molecule has 0 spiro atoms. The van der Waals surface area contributed by atoms with E-state index in [9.17, 15) is 4.79 Å². The molecule has 1 aromatic heterocycles. The minimum absolute atomic E-state index is 0.226. The number of carbonyl (C=O) groups is 1. The molecule has 0 atom stereocenters. The molecule has 0 radical (unpaired) electrons. The number of anilines is 1. The van der Waals surface area contributed by atoms with Crippen molar-refractivity contribution in [2.24, 2.45) is 0 Å². The van der Waals surface area contributed by atoms with Gasteiger partial charge in [0.1, 0.15) is 0 Å². The zero-order valence-corrected chi connectivity index (χ0v) is 13.9. The van der Waals surface area contributed by atoms with Crippen LogP contribution in [-0.4, -0.2) is 10.9 Å². The average molecular weight is 425 g/mol. The van der Waals surface area contributed by atoms with E-state index in [2.05, 4.69) is 42.2 Å². The van der Waals surface area contributed by atoms with Gasteiger partial charge in [0, 0.05) is 20.7 Å². The molecule has 3 nitrogen and oxygen atoms in total. The van der Waals surface area contributed by atoms with Crippen LogP contribution in [0.1, 0.15) is 10.4 Å². The van der Waals surface area contributed by atoms with E-state index in [4.69, 9.17) is 23.2 Å². The fraction of sp³-hybridized carbons (Fsp3) is 0. The smallest absolute Gasteiger partial charge is 0.255 e. The maximum atomic E-state index is 12.1. The molecule has 0 fully saturated rings. The third-order valence-corrected chi connectivity index (χ3v) is 4.18. The van der Waals surface area contributed by atoms with E-state index in [0.29, 0.717) is 20.7 Å². The highest BCUT2D eigenvalue weighted by molar-refractivity contribution is 9.10. The zero-order valence-electron chi connectivity index (χ0n) is 9.25. The number of carbonyl (C=O) groups excluding carboxylic acids is 1. The molecule has 0 saturated carbocycles. The highest BCUT2D eigenvalue weighted by atomic mass is 79.9. The molecule has 0 aliphatic carbocycles. The topological polar surface area (TPSA) is 42.0 Å². The standard InChI is InChI=1S/C12H6Br2Cl2N2O/c13-7-4-10(11(16)17-5-7)18-12(19)6-1-2-9(15)8(14)3-6/h1-5H,(H,18,19). The van der Waals surface area contributed by atoms with E-state index in [1.807, 2.05) is 0 Å². The second-order valence-electron chi connectivity index (χ2n) is 3.57. The van der Waals surface area contributed by atoms with Crippen LogP contribution in [0.15, 0.2) is 39.4 Å². The van der Waals surface area contributed by atoms with Gasteiger partial charge >= 0.3 is 0 Å².